The molecular weight excluding hydrogens is 397 g/mol. The lowest BCUT2D eigenvalue weighted by molar-refractivity contribution is 0.311. The zero-order chi connectivity index (χ0) is 19.3. The fraction of sp³-hybridized carbons (Fsp3) is 0.167. The van der Waals surface area contributed by atoms with Gasteiger partial charge in [0.25, 0.3) is 0 Å². The van der Waals surface area contributed by atoms with Crippen LogP contribution in [0.15, 0.2) is 46.2 Å². The largest absolute Gasteiger partial charge is 0.491 e. The van der Waals surface area contributed by atoms with Gasteiger partial charge in [0.2, 0.25) is 9.84 Å². The summed E-state index contributed by atoms with van der Waals surface area (Å²) in [4.78, 5) is -0.456. The molecule has 5 nitrogen and oxygen atoms in total. The van der Waals surface area contributed by atoms with E-state index < -0.39 is 14.7 Å². The van der Waals surface area contributed by atoms with E-state index in [4.69, 9.17) is 32.7 Å². The van der Waals surface area contributed by atoms with Crippen molar-refractivity contribution in [2.24, 2.45) is 0 Å². The Balaban J connectivity index is 2.55. The zero-order valence-electron chi connectivity index (χ0n) is 14.0. The van der Waals surface area contributed by atoms with Crippen LogP contribution in [0.25, 0.3) is 6.08 Å². The summed E-state index contributed by atoms with van der Waals surface area (Å²) in [5.41, 5.74) is 0.397. The second kappa shape index (κ2) is 8.45. The van der Waals surface area contributed by atoms with Gasteiger partial charge in [0.1, 0.15) is 11.0 Å². The van der Waals surface area contributed by atoms with Gasteiger partial charge in [-0.15, -0.1) is 0 Å². The maximum absolute atomic E-state index is 12.7. The lowest BCUT2D eigenvalue weighted by Crippen LogP contribution is -2.03. The van der Waals surface area contributed by atoms with Gasteiger partial charge in [-0.2, -0.15) is 5.26 Å². The summed E-state index contributed by atoms with van der Waals surface area (Å²) >= 11 is 11.9. The van der Waals surface area contributed by atoms with E-state index in [0.29, 0.717) is 28.7 Å². The van der Waals surface area contributed by atoms with Crippen molar-refractivity contribution in [1.29, 1.82) is 5.26 Å². The molecule has 2 aromatic carbocycles. The molecule has 0 spiro atoms. The van der Waals surface area contributed by atoms with Crippen molar-refractivity contribution < 1.29 is 17.9 Å². The Hall–Kier alpha value is -2.20. The van der Waals surface area contributed by atoms with Crippen molar-refractivity contribution in [3.63, 3.8) is 0 Å². The van der Waals surface area contributed by atoms with E-state index in [1.807, 2.05) is 0 Å². The highest BCUT2D eigenvalue weighted by molar-refractivity contribution is 7.95. The van der Waals surface area contributed by atoms with Gasteiger partial charge in [0.15, 0.2) is 11.5 Å². The number of methoxy groups -OCH3 is 1. The van der Waals surface area contributed by atoms with Gasteiger partial charge in [0, 0.05) is 5.02 Å². The Morgan fingerprint density at radius 1 is 1.23 bits per heavy atom. The molecule has 0 atom stereocenters. The molecule has 2 aromatic rings. The molecule has 0 aliphatic rings. The normalized spacial score (nSPS) is 11.7. The van der Waals surface area contributed by atoms with E-state index >= 15 is 0 Å². The molecule has 0 aromatic heterocycles. The topological polar surface area (TPSA) is 76.4 Å². The van der Waals surface area contributed by atoms with Crippen LogP contribution >= 0.6 is 23.2 Å². The van der Waals surface area contributed by atoms with Crippen LogP contribution in [0.1, 0.15) is 12.5 Å². The van der Waals surface area contributed by atoms with Crippen LogP contribution in [0.2, 0.25) is 10.0 Å². The molecule has 0 saturated carbocycles. The summed E-state index contributed by atoms with van der Waals surface area (Å²) in [5.74, 6) is 0.694. The Morgan fingerprint density at radius 3 is 2.42 bits per heavy atom. The maximum atomic E-state index is 12.7. The third-order valence-corrected chi connectivity index (χ3v) is 5.57. The summed E-state index contributed by atoms with van der Waals surface area (Å²) in [6, 6.07) is 10.4. The first kappa shape index (κ1) is 20.1. The predicted molar refractivity (Wildman–Crippen MR) is 101 cm³/mol. The zero-order valence-corrected chi connectivity index (χ0v) is 16.3. The lowest BCUT2D eigenvalue weighted by atomic mass is 10.2. The molecule has 0 bridgehead atoms. The number of allylic oxidation sites excluding steroid dienone is 1. The smallest absolute Gasteiger partial charge is 0.216 e. The number of nitrogens with zero attached hydrogens (tertiary/aromatic N) is 1. The van der Waals surface area contributed by atoms with Crippen LogP contribution in [-0.2, 0) is 9.84 Å². The van der Waals surface area contributed by atoms with Gasteiger partial charge in [-0.05, 0) is 55.0 Å². The molecular formula is C18H15Cl2NO4S. The molecule has 0 heterocycles. The Labute approximate surface area is 162 Å². The maximum Gasteiger partial charge on any atom is 0.216 e. The second-order valence-electron chi connectivity index (χ2n) is 5.04. The molecule has 0 N–H and O–H groups in total. The number of sulfone groups is 1. The van der Waals surface area contributed by atoms with Crippen molar-refractivity contribution in [2.75, 3.05) is 13.7 Å². The van der Waals surface area contributed by atoms with Gasteiger partial charge < -0.3 is 9.47 Å². The number of ether oxygens (including phenoxy) is 2. The molecule has 0 saturated heterocycles. The fourth-order valence-corrected chi connectivity index (χ4v) is 3.78. The number of hydrogen-bond acceptors (Lipinski definition) is 5. The van der Waals surface area contributed by atoms with E-state index in [9.17, 15) is 13.7 Å². The number of rotatable bonds is 6. The second-order valence-corrected chi connectivity index (χ2v) is 7.81. The molecule has 0 unspecified atom stereocenters. The minimum absolute atomic E-state index is 0.0284. The molecule has 0 aliphatic heterocycles. The highest BCUT2D eigenvalue weighted by Gasteiger charge is 2.21. The highest BCUT2D eigenvalue weighted by atomic mass is 35.5. The summed E-state index contributed by atoms with van der Waals surface area (Å²) in [5, 5.41) is 10.0. The van der Waals surface area contributed by atoms with Gasteiger partial charge in [-0.3, -0.25) is 0 Å². The molecule has 0 radical (unpaired) electrons. The van der Waals surface area contributed by atoms with E-state index in [0.717, 1.165) is 0 Å². The van der Waals surface area contributed by atoms with E-state index in [1.165, 1.54) is 43.5 Å². The Morgan fingerprint density at radius 2 is 1.88 bits per heavy atom. The molecule has 136 valence electrons. The van der Waals surface area contributed by atoms with Crippen molar-refractivity contribution in [2.45, 2.75) is 11.8 Å². The van der Waals surface area contributed by atoms with Crippen LogP contribution < -0.4 is 9.47 Å². The van der Waals surface area contributed by atoms with Gasteiger partial charge >= 0.3 is 0 Å². The summed E-state index contributed by atoms with van der Waals surface area (Å²) in [7, 11) is -2.54. The summed E-state index contributed by atoms with van der Waals surface area (Å²) < 4.78 is 36.0. The van der Waals surface area contributed by atoms with E-state index in [-0.39, 0.29) is 9.92 Å². The first-order valence-electron chi connectivity index (χ1n) is 7.46. The van der Waals surface area contributed by atoms with Crippen LogP contribution in [0.5, 0.6) is 11.5 Å². The standard InChI is InChI=1S/C18H15Cl2NO4S/c1-3-25-17-10-12(9-16(20)18(17)24-2)8-15(11-21)26(22,23)14-6-4-13(19)5-7-14/h4-10H,3H2,1-2H3/b15-8+. The molecule has 8 heteroatoms. The third-order valence-electron chi connectivity index (χ3n) is 3.36. The van der Waals surface area contributed by atoms with E-state index in [1.54, 1.807) is 19.1 Å². The van der Waals surface area contributed by atoms with Crippen LogP contribution in [0.4, 0.5) is 0 Å². The first-order valence-corrected chi connectivity index (χ1v) is 9.70. The summed E-state index contributed by atoms with van der Waals surface area (Å²) in [6.45, 7) is 2.16. The van der Waals surface area contributed by atoms with Crippen molar-refractivity contribution in [3.05, 3.63) is 56.9 Å². The van der Waals surface area contributed by atoms with Gasteiger partial charge in [0.05, 0.1) is 23.6 Å². The van der Waals surface area contributed by atoms with Crippen molar-refractivity contribution in [3.8, 4) is 17.6 Å². The van der Waals surface area contributed by atoms with Gasteiger partial charge in [-0.25, -0.2) is 8.42 Å². The van der Waals surface area contributed by atoms with E-state index in [2.05, 4.69) is 0 Å². The number of nitriles is 1. The number of halogens is 2. The molecule has 2 rings (SSSR count). The Kier molecular flexibility index (Phi) is 6.54. The number of hydrogen-bond donors (Lipinski definition) is 0. The monoisotopic (exact) mass is 411 g/mol. The average Bonchev–Trinajstić information content (AvgIpc) is 2.60. The van der Waals surface area contributed by atoms with Gasteiger partial charge in [-0.1, -0.05) is 23.2 Å². The molecule has 26 heavy (non-hydrogen) atoms. The van der Waals surface area contributed by atoms with Crippen LogP contribution in [0, 0.1) is 11.3 Å². The minimum atomic E-state index is -3.99. The average molecular weight is 412 g/mol. The van der Waals surface area contributed by atoms with Crippen LogP contribution in [-0.4, -0.2) is 22.1 Å². The number of benzene rings is 2. The Bertz CT molecular complexity index is 977. The molecule has 0 aliphatic carbocycles. The highest BCUT2D eigenvalue weighted by Crippen LogP contribution is 2.37. The SMILES string of the molecule is CCOc1cc(/C=C(\C#N)S(=O)(=O)c2ccc(Cl)cc2)cc(Cl)c1OC. The minimum Gasteiger partial charge on any atom is -0.491 e. The van der Waals surface area contributed by atoms with Crippen molar-refractivity contribution >= 4 is 39.1 Å². The first-order chi connectivity index (χ1) is 12.3. The lowest BCUT2D eigenvalue weighted by Gasteiger charge is -2.12. The molecule has 0 fully saturated rings. The van der Waals surface area contributed by atoms with Crippen molar-refractivity contribution in [1.82, 2.24) is 0 Å². The fourth-order valence-electron chi connectivity index (χ4n) is 2.19. The summed E-state index contributed by atoms with van der Waals surface area (Å²) in [6.07, 6.45) is 1.23. The quantitative estimate of drug-likeness (QED) is 0.641. The predicted octanol–water partition coefficient (Wildman–Crippen LogP) is 4.74. The third kappa shape index (κ3) is 4.31. The molecule has 0 amide bonds. The van der Waals surface area contributed by atoms with Crippen LogP contribution in [0.3, 0.4) is 0 Å².